The molecule has 0 radical (unpaired) electrons. The smallest absolute Gasteiger partial charge is 0.307 e. The maximum atomic E-state index is 12.4. The Hall–Kier alpha value is -3.04. The first-order chi connectivity index (χ1) is 14.6. The van der Waals surface area contributed by atoms with Crippen LogP contribution in [0.1, 0.15) is 43.1 Å². The normalized spacial score (nSPS) is 12.1. The van der Waals surface area contributed by atoms with Gasteiger partial charge in [0.05, 0.1) is 11.3 Å². The summed E-state index contributed by atoms with van der Waals surface area (Å²) in [5, 5.41) is 2.54. The number of esters is 1. The van der Waals surface area contributed by atoms with Crippen molar-refractivity contribution in [2.75, 3.05) is 11.9 Å². The molecule has 2 rings (SSSR count). The van der Waals surface area contributed by atoms with Gasteiger partial charge in [-0.2, -0.15) is 0 Å². The SMILES string of the molecule is CCc1ccc(C(=O)C(C)OC(=O)CCNS(=O)(=O)c2ccc(NC(C)=O)cc2)cc1. The van der Waals surface area contributed by atoms with Gasteiger partial charge in [0.2, 0.25) is 21.7 Å². The number of benzene rings is 2. The third-order valence-electron chi connectivity index (χ3n) is 4.43. The monoisotopic (exact) mass is 446 g/mol. The van der Waals surface area contributed by atoms with E-state index in [1.165, 1.54) is 38.1 Å². The third-order valence-corrected chi connectivity index (χ3v) is 5.91. The molecule has 9 heteroatoms. The van der Waals surface area contributed by atoms with Crippen LogP contribution in [0.15, 0.2) is 53.4 Å². The van der Waals surface area contributed by atoms with Crippen molar-refractivity contribution < 1.29 is 27.5 Å². The van der Waals surface area contributed by atoms with Gasteiger partial charge in [0.15, 0.2) is 6.10 Å². The van der Waals surface area contributed by atoms with Gasteiger partial charge in [-0.05, 0) is 43.2 Å². The summed E-state index contributed by atoms with van der Waals surface area (Å²) >= 11 is 0. The molecule has 0 aliphatic heterocycles. The molecular weight excluding hydrogens is 420 g/mol. The van der Waals surface area contributed by atoms with E-state index in [0.717, 1.165) is 12.0 Å². The van der Waals surface area contributed by atoms with Crippen molar-refractivity contribution in [3.05, 3.63) is 59.7 Å². The topological polar surface area (TPSA) is 119 Å². The van der Waals surface area contributed by atoms with E-state index < -0.39 is 22.1 Å². The van der Waals surface area contributed by atoms with Crippen molar-refractivity contribution in [3.8, 4) is 0 Å². The Morgan fingerprint density at radius 2 is 1.61 bits per heavy atom. The number of anilines is 1. The van der Waals surface area contributed by atoms with Crippen molar-refractivity contribution in [2.24, 2.45) is 0 Å². The van der Waals surface area contributed by atoms with Crippen LogP contribution in [-0.2, 0) is 30.8 Å². The minimum Gasteiger partial charge on any atom is -0.454 e. The number of ketones is 1. The van der Waals surface area contributed by atoms with Crippen LogP contribution in [0.3, 0.4) is 0 Å². The van der Waals surface area contributed by atoms with Crippen molar-refractivity contribution >= 4 is 33.4 Å². The van der Waals surface area contributed by atoms with Crippen molar-refractivity contribution in [2.45, 2.75) is 44.6 Å². The third kappa shape index (κ3) is 7.30. The highest BCUT2D eigenvalue weighted by atomic mass is 32.2. The number of carbonyl (C=O) groups excluding carboxylic acids is 3. The second kappa shape index (κ2) is 10.8. The molecule has 1 atom stereocenters. The molecule has 0 bridgehead atoms. The summed E-state index contributed by atoms with van der Waals surface area (Å²) in [4.78, 5) is 35.4. The summed E-state index contributed by atoms with van der Waals surface area (Å²) in [5.74, 6) is -1.27. The van der Waals surface area contributed by atoms with Crippen LogP contribution >= 0.6 is 0 Å². The van der Waals surface area contributed by atoms with Crippen molar-refractivity contribution in [1.29, 1.82) is 0 Å². The predicted molar refractivity (Wildman–Crippen MR) is 116 cm³/mol. The van der Waals surface area contributed by atoms with Gasteiger partial charge in [-0.1, -0.05) is 31.2 Å². The Labute approximate surface area is 182 Å². The van der Waals surface area contributed by atoms with Crippen molar-refractivity contribution in [1.82, 2.24) is 4.72 Å². The summed E-state index contributed by atoms with van der Waals surface area (Å²) in [6.07, 6.45) is -0.345. The zero-order chi connectivity index (χ0) is 23.0. The van der Waals surface area contributed by atoms with E-state index >= 15 is 0 Å². The highest BCUT2D eigenvalue weighted by Gasteiger charge is 2.20. The Balaban J connectivity index is 1.84. The van der Waals surface area contributed by atoms with E-state index in [-0.39, 0.29) is 29.6 Å². The fourth-order valence-corrected chi connectivity index (χ4v) is 3.77. The van der Waals surface area contributed by atoms with Crippen LogP contribution in [0, 0.1) is 0 Å². The lowest BCUT2D eigenvalue weighted by Crippen LogP contribution is -2.29. The average Bonchev–Trinajstić information content (AvgIpc) is 2.73. The molecule has 0 saturated carbocycles. The molecule has 2 N–H and O–H groups in total. The van der Waals surface area contributed by atoms with E-state index in [0.29, 0.717) is 11.3 Å². The summed E-state index contributed by atoms with van der Waals surface area (Å²) in [7, 11) is -3.83. The molecule has 8 nitrogen and oxygen atoms in total. The molecule has 0 fully saturated rings. The van der Waals surface area contributed by atoms with Gasteiger partial charge in [-0.3, -0.25) is 14.4 Å². The van der Waals surface area contributed by atoms with Crippen LogP contribution in [0.2, 0.25) is 0 Å². The summed E-state index contributed by atoms with van der Waals surface area (Å²) < 4.78 is 32.1. The van der Waals surface area contributed by atoms with Crippen LogP contribution in [0.25, 0.3) is 0 Å². The number of hydrogen-bond donors (Lipinski definition) is 2. The van der Waals surface area contributed by atoms with Gasteiger partial charge in [-0.15, -0.1) is 0 Å². The van der Waals surface area contributed by atoms with Crippen LogP contribution in [-0.4, -0.2) is 38.7 Å². The number of hydrogen-bond acceptors (Lipinski definition) is 6. The predicted octanol–water partition coefficient (Wildman–Crippen LogP) is 2.69. The van der Waals surface area contributed by atoms with Crippen LogP contribution in [0.5, 0.6) is 0 Å². The molecule has 0 aromatic heterocycles. The number of amides is 1. The second-order valence-electron chi connectivity index (χ2n) is 6.90. The Morgan fingerprint density at radius 1 is 1.00 bits per heavy atom. The van der Waals surface area contributed by atoms with Gasteiger partial charge in [0, 0.05) is 24.7 Å². The van der Waals surface area contributed by atoms with Gasteiger partial charge in [0.1, 0.15) is 0 Å². The molecule has 2 aromatic carbocycles. The highest BCUT2D eigenvalue weighted by Crippen LogP contribution is 2.14. The first-order valence-corrected chi connectivity index (χ1v) is 11.3. The minimum absolute atomic E-state index is 0.00552. The fourth-order valence-electron chi connectivity index (χ4n) is 2.74. The first kappa shape index (κ1) is 24.2. The number of sulfonamides is 1. The molecule has 0 aliphatic carbocycles. The first-order valence-electron chi connectivity index (χ1n) is 9.82. The molecule has 2 aromatic rings. The van der Waals surface area contributed by atoms with E-state index in [1.54, 1.807) is 12.1 Å². The lowest BCUT2D eigenvalue weighted by molar-refractivity contribution is -0.146. The number of nitrogens with one attached hydrogen (secondary N) is 2. The lowest BCUT2D eigenvalue weighted by atomic mass is 10.0. The Morgan fingerprint density at radius 3 is 2.16 bits per heavy atom. The zero-order valence-corrected chi connectivity index (χ0v) is 18.5. The Bertz CT molecular complexity index is 1030. The molecule has 0 spiro atoms. The van der Waals surface area contributed by atoms with E-state index in [2.05, 4.69) is 10.0 Å². The standard InChI is InChI=1S/C22H26N2O6S/c1-4-17-5-7-18(8-6-17)22(27)15(2)30-21(26)13-14-23-31(28,29)20-11-9-19(10-12-20)24-16(3)25/h5-12,15,23H,4,13-14H2,1-3H3,(H,24,25). The molecule has 0 aliphatic rings. The second-order valence-corrected chi connectivity index (χ2v) is 8.67. The number of carbonyl (C=O) groups is 3. The average molecular weight is 447 g/mol. The number of Topliss-reactive ketones (excluding diaryl/α,β-unsaturated/α-hetero) is 1. The quantitative estimate of drug-likeness (QED) is 0.428. The largest absolute Gasteiger partial charge is 0.454 e. The molecule has 1 amide bonds. The van der Waals surface area contributed by atoms with E-state index in [9.17, 15) is 22.8 Å². The van der Waals surface area contributed by atoms with Crippen molar-refractivity contribution in [3.63, 3.8) is 0 Å². The summed E-state index contributed by atoms with van der Waals surface area (Å²) in [6, 6.07) is 12.7. The number of rotatable bonds is 10. The van der Waals surface area contributed by atoms with Gasteiger partial charge < -0.3 is 10.1 Å². The van der Waals surface area contributed by atoms with E-state index in [1.807, 2.05) is 19.1 Å². The maximum Gasteiger partial charge on any atom is 0.307 e. The molecular formula is C22H26N2O6S. The zero-order valence-electron chi connectivity index (χ0n) is 17.7. The highest BCUT2D eigenvalue weighted by molar-refractivity contribution is 7.89. The van der Waals surface area contributed by atoms with Crippen LogP contribution < -0.4 is 10.0 Å². The molecule has 31 heavy (non-hydrogen) atoms. The number of ether oxygens (including phenoxy) is 1. The van der Waals surface area contributed by atoms with Gasteiger partial charge >= 0.3 is 5.97 Å². The van der Waals surface area contributed by atoms with Gasteiger partial charge in [-0.25, -0.2) is 13.1 Å². The minimum atomic E-state index is -3.83. The maximum absolute atomic E-state index is 12.4. The molecule has 1 unspecified atom stereocenters. The van der Waals surface area contributed by atoms with E-state index in [4.69, 9.17) is 4.74 Å². The molecule has 0 saturated heterocycles. The summed E-state index contributed by atoms with van der Waals surface area (Å²) in [5.41, 5.74) is 2.01. The molecule has 0 heterocycles. The number of aryl methyl sites for hydroxylation is 1. The van der Waals surface area contributed by atoms with Crippen LogP contribution in [0.4, 0.5) is 5.69 Å². The lowest BCUT2D eigenvalue weighted by Gasteiger charge is -2.13. The van der Waals surface area contributed by atoms with Gasteiger partial charge in [0.25, 0.3) is 0 Å². The Kier molecular flexibility index (Phi) is 8.47. The summed E-state index contributed by atoms with van der Waals surface area (Å²) in [6.45, 7) is 4.66. The molecule has 166 valence electrons. The fraction of sp³-hybridized carbons (Fsp3) is 0.318.